The molecule has 6 nitrogen and oxygen atoms in total. The lowest BCUT2D eigenvalue weighted by Crippen LogP contribution is -2.39. The standard InChI is InChI=1S/C21H22N2O4S/c1-14-5-7-18(8-6-14)28(26,27)22-17-11-15-3-2-4-19-21(15)16(12-17)13-23(19)10-9-20(24)25/h2-8,13,17,22H,9-12H2,1H3,(H,24,25). The number of carboxylic acid groups (broad SMARTS) is 1. The third-order valence-electron chi connectivity index (χ3n) is 5.22. The molecule has 0 fully saturated rings. The summed E-state index contributed by atoms with van der Waals surface area (Å²) in [6, 6.07) is 12.5. The molecule has 1 heterocycles. The summed E-state index contributed by atoms with van der Waals surface area (Å²) in [5, 5.41) is 10.1. The molecule has 0 saturated heterocycles. The summed E-state index contributed by atoms with van der Waals surface area (Å²) in [4.78, 5) is 11.2. The Bertz CT molecular complexity index is 1150. The van der Waals surface area contributed by atoms with E-state index in [9.17, 15) is 13.2 Å². The van der Waals surface area contributed by atoms with Crippen molar-refractivity contribution in [2.75, 3.05) is 0 Å². The van der Waals surface area contributed by atoms with E-state index in [0.29, 0.717) is 19.4 Å². The normalized spacial score (nSPS) is 16.4. The van der Waals surface area contributed by atoms with Gasteiger partial charge in [0.15, 0.2) is 0 Å². The second kappa shape index (κ2) is 7.07. The van der Waals surface area contributed by atoms with Crippen LogP contribution >= 0.6 is 0 Å². The lowest BCUT2D eigenvalue weighted by molar-refractivity contribution is -0.137. The van der Waals surface area contributed by atoms with Crippen molar-refractivity contribution in [1.82, 2.24) is 9.29 Å². The maximum atomic E-state index is 12.8. The second-order valence-electron chi connectivity index (χ2n) is 7.34. The largest absolute Gasteiger partial charge is 0.481 e. The predicted molar refractivity (Wildman–Crippen MR) is 107 cm³/mol. The minimum Gasteiger partial charge on any atom is -0.481 e. The van der Waals surface area contributed by atoms with Gasteiger partial charge in [-0.3, -0.25) is 4.79 Å². The molecule has 4 rings (SSSR count). The highest BCUT2D eigenvalue weighted by atomic mass is 32.2. The summed E-state index contributed by atoms with van der Waals surface area (Å²) in [7, 11) is -3.60. The molecule has 28 heavy (non-hydrogen) atoms. The van der Waals surface area contributed by atoms with E-state index in [4.69, 9.17) is 5.11 Å². The molecule has 2 aromatic carbocycles. The number of aliphatic carboxylic acids is 1. The van der Waals surface area contributed by atoms with Gasteiger partial charge in [0.2, 0.25) is 10.0 Å². The molecule has 0 amide bonds. The highest BCUT2D eigenvalue weighted by Gasteiger charge is 2.27. The van der Waals surface area contributed by atoms with Gasteiger partial charge in [-0.25, -0.2) is 13.1 Å². The van der Waals surface area contributed by atoms with Crippen LogP contribution in [0.1, 0.15) is 23.1 Å². The number of nitrogens with one attached hydrogen (secondary N) is 1. The van der Waals surface area contributed by atoms with Crippen LogP contribution in [0.3, 0.4) is 0 Å². The van der Waals surface area contributed by atoms with Crippen LogP contribution in [0.15, 0.2) is 53.6 Å². The molecule has 0 radical (unpaired) electrons. The fourth-order valence-electron chi connectivity index (χ4n) is 3.94. The first kappa shape index (κ1) is 18.7. The molecule has 7 heteroatoms. The van der Waals surface area contributed by atoms with E-state index in [1.54, 1.807) is 24.3 Å². The van der Waals surface area contributed by atoms with Crippen LogP contribution in [0.2, 0.25) is 0 Å². The van der Waals surface area contributed by atoms with Gasteiger partial charge < -0.3 is 9.67 Å². The Hall–Kier alpha value is -2.64. The molecule has 0 spiro atoms. The number of aromatic nitrogens is 1. The Labute approximate surface area is 163 Å². The van der Waals surface area contributed by atoms with Crippen molar-refractivity contribution >= 4 is 26.9 Å². The van der Waals surface area contributed by atoms with Crippen molar-refractivity contribution in [2.24, 2.45) is 0 Å². The van der Waals surface area contributed by atoms with Gasteiger partial charge >= 0.3 is 5.97 Å². The number of carboxylic acids is 1. The molecule has 1 aliphatic carbocycles. The van der Waals surface area contributed by atoms with Crippen molar-refractivity contribution in [3.8, 4) is 0 Å². The molecule has 1 unspecified atom stereocenters. The number of nitrogens with zero attached hydrogens (tertiary/aromatic N) is 1. The Morgan fingerprint density at radius 2 is 1.86 bits per heavy atom. The highest BCUT2D eigenvalue weighted by Crippen LogP contribution is 2.32. The summed E-state index contributed by atoms with van der Waals surface area (Å²) in [6.07, 6.45) is 3.21. The van der Waals surface area contributed by atoms with Crippen LogP contribution in [0.5, 0.6) is 0 Å². The fraction of sp³-hybridized carbons (Fsp3) is 0.286. The number of benzene rings is 2. The van der Waals surface area contributed by atoms with Crippen molar-refractivity contribution < 1.29 is 18.3 Å². The number of hydrogen-bond acceptors (Lipinski definition) is 3. The number of carbonyl (C=O) groups is 1. The van der Waals surface area contributed by atoms with Crippen molar-refractivity contribution in [2.45, 2.75) is 43.7 Å². The minimum absolute atomic E-state index is 0.0525. The third kappa shape index (κ3) is 3.55. The van der Waals surface area contributed by atoms with Gasteiger partial charge in [-0.2, -0.15) is 0 Å². The fourth-order valence-corrected chi connectivity index (χ4v) is 5.17. The van der Waals surface area contributed by atoms with E-state index in [1.807, 2.05) is 35.9 Å². The van der Waals surface area contributed by atoms with Gasteiger partial charge in [0.05, 0.1) is 11.3 Å². The SMILES string of the molecule is Cc1ccc(S(=O)(=O)NC2Cc3cccc4c3c(cn4CCC(=O)O)C2)cc1. The van der Waals surface area contributed by atoms with E-state index < -0.39 is 16.0 Å². The molecule has 1 aliphatic rings. The van der Waals surface area contributed by atoms with E-state index >= 15 is 0 Å². The minimum atomic E-state index is -3.60. The van der Waals surface area contributed by atoms with Gasteiger partial charge in [0.1, 0.15) is 0 Å². The zero-order valence-electron chi connectivity index (χ0n) is 15.6. The average Bonchev–Trinajstić information content (AvgIpc) is 2.99. The Morgan fingerprint density at radius 3 is 2.57 bits per heavy atom. The Kier molecular flexibility index (Phi) is 4.72. The molecule has 0 aliphatic heterocycles. The van der Waals surface area contributed by atoms with Crippen LogP contribution in [0.4, 0.5) is 0 Å². The van der Waals surface area contributed by atoms with Crippen LogP contribution < -0.4 is 4.72 Å². The Morgan fingerprint density at radius 1 is 1.14 bits per heavy atom. The smallest absolute Gasteiger partial charge is 0.305 e. The van der Waals surface area contributed by atoms with Crippen LogP contribution in [-0.4, -0.2) is 30.1 Å². The van der Waals surface area contributed by atoms with E-state index in [2.05, 4.69) is 4.72 Å². The predicted octanol–water partition coefficient (Wildman–Crippen LogP) is 2.87. The first-order valence-electron chi connectivity index (χ1n) is 9.24. The molecule has 1 aromatic heterocycles. The zero-order chi connectivity index (χ0) is 19.9. The van der Waals surface area contributed by atoms with Gasteiger partial charge in [-0.15, -0.1) is 0 Å². The summed E-state index contributed by atoms with van der Waals surface area (Å²) in [5.41, 5.74) is 4.16. The number of rotatable bonds is 6. The van der Waals surface area contributed by atoms with E-state index in [-0.39, 0.29) is 17.4 Å². The first-order chi connectivity index (χ1) is 13.3. The molecule has 2 N–H and O–H groups in total. The van der Waals surface area contributed by atoms with Crippen LogP contribution in [0.25, 0.3) is 10.9 Å². The average molecular weight is 398 g/mol. The second-order valence-corrected chi connectivity index (χ2v) is 9.06. The number of hydrogen-bond donors (Lipinski definition) is 2. The maximum absolute atomic E-state index is 12.8. The summed E-state index contributed by atoms with van der Waals surface area (Å²) < 4.78 is 30.3. The van der Waals surface area contributed by atoms with Gasteiger partial charge in [0.25, 0.3) is 0 Å². The van der Waals surface area contributed by atoms with Crippen molar-refractivity contribution in [3.63, 3.8) is 0 Å². The molecule has 1 atom stereocenters. The lowest BCUT2D eigenvalue weighted by Gasteiger charge is -2.23. The number of aryl methyl sites for hydroxylation is 2. The van der Waals surface area contributed by atoms with Gasteiger partial charge in [0, 0.05) is 29.7 Å². The summed E-state index contributed by atoms with van der Waals surface area (Å²) >= 11 is 0. The highest BCUT2D eigenvalue weighted by molar-refractivity contribution is 7.89. The van der Waals surface area contributed by atoms with Gasteiger partial charge in [-0.05, 0) is 49.1 Å². The molecule has 3 aromatic rings. The molecule has 0 saturated carbocycles. The van der Waals surface area contributed by atoms with Gasteiger partial charge in [-0.1, -0.05) is 29.8 Å². The van der Waals surface area contributed by atoms with Crippen LogP contribution in [0, 0.1) is 6.92 Å². The van der Waals surface area contributed by atoms with Crippen LogP contribution in [-0.2, 0) is 34.2 Å². The quantitative estimate of drug-likeness (QED) is 0.668. The van der Waals surface area contributed by atoms with Crippen molar-refractivity contribution in [3.05, 3.63) is 65.4 Å². The molecular formula is C21H22N2O4S. The first-order valence-corrected chi connectivity index (χ1v) is 10.7. The monoisotopic (exact) mass is 398 g/mol. The Balaban J connectivity index is 1.61. The van der Waals surface area contributed by atoms with E-state index in [1.165, 1.54) is 0 Å². The molecular weight excluding hydrogens is 376 g/mol. The molecule has 146 valence electrons. The lowest BCUT2D eigenvalue weighted by atomic mass is 9.90. The molecule has 0 bridgehead atoms. The summed E-state index contributed by atoms with van der Waals surface area (Å²) in [5.74, 6) is -0.835. The third-order valence-corrected chi connectivity index (χ3v) is 6.76. The summed E-state index contributed by atoms with van der Waals surface area (Å²) in [6.45, 7) is 2.32. The maximum Gasteiger partial charge on any atom is 0.305 e. The zero-order valence-corrected chi connectivity index (χ0v) is 16.4. The van der Waals surface area contributed by atoms with Crippen molar-refractivity contribution in [1.29, 1.82) is 0 Å². The van der Waals surface area contributed by atoms with E-state index in [0.717, 1.165) is 27.6 Å². The topological polar surface area (TPSA) is 88.4 Å². The number of sulfonamides is 1.